The molecule has 108 valence electrons. The number of hydrogen-bond acceptors (Lipinski definition) is 6. The zero-order chi connectivity index (χ0) is 15.6. The van der Waals surface area contributed by atoms with Gasteiger partial charge in [0.25, 0.3) is 5.91 Å². The molecule has 1 amide bonds. The SMILES string of the molecule is O=C(Nc1ccc([N+](=O)[O-])c(F)c1)c1cc(C(=O)O)on1. The Bertz CT molecular complexity index is 741. The van der Waals surface area contributed by atoms with E-state index in [9.17, 15) is 24.1 Å². The van der Waals surface area contributed by atoms with Crippen molar-refractivity contribution in [1.29, 1.82) is 0 Å². The van der Waals surface area contributed by atoms with Crippen LogP contribution < -0.4 is 5.32 Å². The molecule has 10 heteroatoms. The lowest BCUT2D eigenvalue weighted by Crippen LogP contribution is -2.12. The second-order valence-corrected chi connectivity index (χ2v) is 3.76. The van der Waals surface area contributed by atoms with Crippen molar-refractivity contribution in [2.24, 2.45) is 0 Å². The first-order valence-electron chi connectivity index (χ1n) is 5.34. The van der Waals surface area contributed by atoms with Crippen LogP contribution in [0.15, 0.2) is 28.8 Å². The first kappa shape index (κ1) is 14.1. The van der Waals surface area contributed by atoms with Crippen molar-refractivity contribution < 1.29 is 28.5 Å². The lowest BCUT2D eigenvalue weighted by atomic mass is 10.2. The van der Waals surface area contributed by atoms with Crippen LogP contribution in [-0.4, -0.2) is 27.1 Å². The minimum Gasteiger partial charge on any atom is -0.475 e. The van der Waals surface area contributed by atoms with Gasteiger partial charge in [0.05, 0.1) is 4.92 Å². The van der Waals surface area contributed by atoms with Gasteiger partial charge in [-0.25, -0.2) is 4.79 Å². The Morgan fingerprint density at radius 1 is 1.38 bits per heavy atom. The standard InChI is InChI=1S/C11H6FN3O6/c12-6-3-5(1-2-8(6)15(19)20)13-10(16)7-4-9(11(17)18)21-14-7/h1-4H,(H,13,16)(H,17,18). The van der Waals surface area contributed by atoms with Gasteiger partial charge in [0.1, 0.15) is 0 Å². The molecule has 0 saturated heterocycles. The van der Waals surface area contributed by atoms with Crippen molar-refractivity contribution in [2.75, 3.05) is 5.32 Å². The second kappa shape index (κ2) is 5.36. The summed E-state index contributed by atoms with van der Waals surface area (Å²) in [5.74, 6) is -3.90. The van der Waals surface area contributed by atoms with E-state index >= 15 is 0 Å². The summed E-state index contributed by atoms with van der Waals surface area (Å²) in [7, 11) is 0. The molecule has 0 bridgehead atoms. The summed E-state index contributed by atoms with van der Waals surface area (Å²) in [6.45, 7) is 0. The van der Waals surface area contributed by atoms with Crippen LogP contribution in [0, 0.1) is 15.9 Å². The Hall–Kier alpha value is -3.30. The summed E-state index contributed by atoms with van der Waals surface area (Å²) < 4.78 is 17.7. The fourth-order valence-electron chi connectivity index (χ4n) is 1.41. The quantitative estimate of drug-likeness (QED) is 0.646. The molecular weight excluding hydrogens is 289 g/mol. The summed E-state index contributed by atoms with van der Waals surface area (Å²) >= 11 is 0. The molecule has 2 aromatic rings. The molecule has 0 aliphatic heterocycles. The topological polar surface area (TPSA) is 136 Å². The van der Waals surface area contributed by atoms with Crippen LogP contribution in [0.4, 0.5) is 15.8 Å². The monoisotopic (exact) mass is 295 g/mol. The molecule has 1 heterocycles. The van der Waals surface area contributed by atoms with Crippen molar-refractivity contribution in [1.82, 2.24) is 5.16 Å². The van der Waals surface area contributed by atoms with Crippen molar-refractivity contribution in [3.8, 4) is 0 Å². The Morgan fingerprint density at radius 2 is 2.10 bits per heavy atom. The Balaban J connectivity index is 2.17. The highest BCUT2D eigenvalue weighted by Gasteiger charge is 2.18. The van der Waals surface area contributed by atoms with Gasteiger partial charge in [-0.3, -0.25) is 14.9 Å². The molecule has 0 fully saturated rings. The molecule has 2 N–H and O–H groups in total. The summed E-state index contributed by atoms with van der Waals surface area (Å²) in [5.41, 5.74) is -1.11. The van der Waals surface area contributed by atoms with E-state index in [1.54, 1.807) is 0 Å². The number of amides is 1. The maximum absolute atomic E-state index is 13.4. The number of hydrogen-bond donors (Lipinski definition) is 2. The molecule has 1 aromatic carbocycles. The highest BCUT2D eigenvalue weighted by Crippen LogP contribution is 2.21. The number of aromatic carboxylic acids is 1. The zero-order valence-electron chi connectivity index (χ0n) is 10.1. The van der Waals surface area contributed by atoms with Gasteiger partial charge < -0.3 is 14.9 Å². The summed E-state index contributed by atoms with van der Waals surface area (Å²) in [6.07, 6.45) is 0. The van der Waals surface area contributed by atoms with E-state index in [0.29, 0.717) is 0 Å². The van der Waals surface area contributed by atoms with Gasteiger partial charge >= 0.3 is 11.7 Å². The molecule has 0 unspecified atom stereocenters. The van der Waals surface area contributed by atoms with Gasteiger partial charge in [-0.2, -0.15) is 4.39 Å². The van der Waals surface area contributed by atoms with Crippen LogP contribution in [0.5, 0.6) is 0 Å². The van der Waals surface area contributed by atoms with Crippen LogP contribution in [0.3, 0.4) is 0 Å². The number of carboxylic acid groups (broad SMARTS) is 1. The molecule has 2 rings (SSSR count). The van der Waals surface area contributed by atoms with Crippen LogP contribution in [0.1, 0.15) is 21.0 Å². The van der Waals surface area contributed by atoms with Gasteiger partial charge in [0.15, 0.2) is 5.69 Å². The molecule has 0 aliphatic rings. The maximum atomic E-state index is 13.4. The number of rotatable bonds is 4. The third-order valence-electron chi connectivity index (χ3n) is 2.36. The van der Waals surface area contributed by atoms with Crippen molar-refractivity contribution in [3.63, 3.8) is 0 Å². The van der Waals surface area contributed by atoms with E-state index in [1.807, 2.05) is 0 Å². The summed E-state index contributed by atoms with van der Waals surface area (Å²) in [5, 5.41) is 24.5. The first-order chi connectivity index (χ1) is 9.88. The summed E-state index contributed by atoms with van der Waals surface area (Å²) in [4.78, 5) is 31.8. The summed E-state index contributed by atoms with van der Waals surface area (Å²) in [6, 6.07) is 3.65. The molecule has 21 heavy (non-hydrogen) atoms. The predicted molar refractivity (Wildman–Crippen MR) is 64.5 cm³/mol. The normalized spacial score (nSPS) is 10.1. The number of aromatic nitrogens is 1. The van der Waals surface area contributed by atoms with E-state index in [1.165, 1.54) is 0 Å². The molecular formula is C11H6FN3O6. The molecule has 0 radical (unpaired) electrons. The van der Waals surface area contributed by atoms with E-state index in [4.69, 9.17) is 5.11 Å². The molecule has 0 atom stereocenters. The highest BCUT2D eigenvalue weighted by atomic mass is 19.1. The number of nitrogens with one attached hydrogen (secondary N) is 1. The first-order valence-corrected chi connectivity index (χ1v) is 5.34. The molecule has 1 aromatic heterocycles. The molecule has 9 nitrogen and oxygen atoms in total. The number of carbonyl (C=O) groups excluding carboxylic acids is 1. The minimum absolute atomic E-state index is 0.0528. The number of carboxylic acids is 1. The Kier molecular flexibility index (Phi) is 3.61. The lowest BCUT2D eigenvalue weighted by Gasteiger charge is -2.02. The van der Waals surface area contributed by atoms with Crippen LogP contribution in [-0.2, 0) is 0 Å². The third-order valence-corrected chi connectivity index (χ3v) is 2.36. The Morgan fingerprint density at radius 3 is 2.62 bits per heavy atom. The fraction of sp³-hybridized carbons (Fsp3) is 0. The van der Waals surface area contributed by atoms with Gasteiger partial charge in [0.2, 0.25) is 11.6 Å². The number of anilines is 1. The van der Waals surface area contributed by atoms with E-state index in [2.05, 4.69) is 15.0 Å². The lowest BCUT2D eigenvalue weighted by molar-refractivity contribution is -0.387. The number of nitrogens with zero attached hydrogens (tertiary/aromatic N) is 2. The van der Waals surface area contributed by atoms with Crippen molar-refractivity contribution in [3.05, 3.63) is 51.7 Å². The van der Waals surface area contributed by atoms with Gasteiger partial charge in [-0.1, -0.05) is 5.16 Å². The van der Waals surface area contributed by atoms with Gasteiger partial charge in [-0.15, -0.1) is 0 Å². The number of benzene rings is 1. The van der Waals surface area contributed by atoms with E-state index < -0.39 is 34.1 Å². The number of nitro groups is 1. The van der Waals surface area contributed by atoms with Crippen LogP contribution in [0.2, 0.25) is 0 Å². The average Bonchev–Trinajstić information content (AvgIpc) is 2.88. The van der Waals surface area contributed by atoms with Crippen LogP contribution in [0.25, 0.3) is 0 Å². The third kappa shape index (κ3) is 3.00. The van der Waals surface area contributed by atoms with Crippen LogP contribution >= 0.6 is 0 Å². The van der Waals surface area contributed by atoms with Gasteiger partial charge in [0, 0.05) is 23.9 Å². The van der Waals surface area contributed by atoms with Crippen molar-refractivity contribution >= 4 is 23.3 Å². The average molecular weight is 295 g/mol. The number of nitro benzene ring substituents is 1. The fourth-order valence-corrected chi connectivity index (χ4v) is 1.41. The smallest absolute Gasteiger partial charge is 0.374 e. The zero-order valence-corrected chi connectivity index (χ0v) is 10.1. The van der Waals surface area contributed by atoms with E-state index in [0.717, 1.165) is 24.3 Å². The van der Waals surface area contributed by atoms with E-state index in [-0.39, 0.29) is 11.4 Å². The van der Waals surface area contributed by atoms with Gasteiger partial charge in [-0.05, 0) is 6.07 Å². The molecule has 0 spiro atoms. The predicted octanol–water partition coefficient (Wildman–Crippen LogP) is 1.67. The second-order valence-electron chi connectivity index (χ2n) is 3.76. The number of carbonyl (C=O) groups is 2. The maximum Gasteiger partial charge on any atom is 0.374 e. The highest BCUT2D eigenvalue weighted by molar-refractivity contribution is 6.03. The minimum atomic E-state index is -1.40. The number of halogens is 1. The molecule has 0 saturated carbocycles. The molecule has 0 aliphatic carbocycles. The Labute approximate surface area is 115 Å². The van der Waals surface area contributed by atoms with Crippen molar-refractivity contribution in [2.45, 2.75) is 0 Å². The largest absolute Gasteiger partial charge is 0.475 e.